The largest absolute Gasteiger partial charge is 0.271 e. The van der Waals surface area contributed by atoms with Crippen LogP contribution in [-0.2, 0) is 0 Å². The molecule has 0 spiro atoms. The summed E-state index contributed by atoms with van der Waals surface area (Å²) < 4.78 is 0. The lowest BCUT2D eigenvalue weighted by molar-refractivity contribution is 0.0956. The van der Waals surface area contributed by atoms with Gasteiger partial charge in [0.15, 0.2) is 0 Å². The highest BCUT2D eigenvalue weighted by Gasteiger charge is 2.38. The van der Waals surface area contributed by atoms with Crippen LogP contribution in [0.4, 0.5) is 0 Å². The smallest absolute Gasteiger partial charge is 0.267 e. The van der Waals surface area contributed by atoms with Gasteiger partial charge in [0, 0.05) is 11.8 Å². The first-order valence-electron chi connectivity index (χ1n) is 8.12. The number of rotatable bonds is 3. The quantitative estimate of drug-likeness (QED) is 0.674. The summed E-state index contributed by atoms with van der Waals surface area (Å²) in [6.45, 7) is 0. The van der Waals surface area contributed by atoms with Crippen molar-refractivity contribution in [2.75, 3.05) is 0 Å². The maximum Gasteiger partial charge on any atom is 0.271 e. The maximum atomic E-state index is 12.4. The zero-order valence-corrected chi connectivity index (χ0v) is 12.5. The van der Waals surface area contributed by atoms with E-state index >= 15 is 0 Å². The lowest BCUT2D eigenvalue weighted by Gasteiger charge is -2.16. The van der Waals surface area contributed by atoms with E-state index in [1.807, 2.05) is 48.7 Å². The van der Waals surface area contributed by atoms with Gasteiger partial charge < -0.3 is 0 Å². The third kappa shape index (κ3) is 2.41. The fraction of sp³-hybridized carbons (Fsp3) is 0.368. The molecule has 1 N–H and O–H groups in total. The van der Waals surface area contributed by atoms with Crippen molar-refractivity contribution in [3.05, 3.63) is 48.0 Å². The number of nitrogens with zero attached hydrogens (tertiary/aromatic N) is 1. The van der Waals surface area contributed by atoms with Gasteiger partial charge in [0.1, 0.15) is 0 Å². The van der Waals surface area contributed by atoms with Gasteiger partial charge >= 0.3 is 0 Å². The topological polar surface area (TPSA) is 41.5 Å². The third-order valence-electron chi connectivity index (χ3n) is 5.26. The Balaban J connectivity index is 1.47. The van der Waals surface area contributed by atoms with Gasteiger partial charge in [-0.05, 0) is 53.9 Å². The van der Waals surface area contributed by atoms with Crippen LogP contribution < -0.4 is 5.43 Å². The Kier molecular flexibility index (Phi) is 3.41. The molecular formula is C19H20N2O. The molecule has 2 aromatic rings. The average Bonchev–Trinajstić information content (AvgIpc) is 3.17. The molecule has 0 aliphatic heterocycles. The predicted molar refractivity (Wildman–Crippen MR) is 88.8 cm³/mol. The fourth-order valence-corrected chi connectivity index (χ4v) is 4.15. The van der Waals surface area contributed by atoms with Gasteiger partial charge in [-0.25, -0.2) is 5.43 Å². The number of amides is 1. The van der Waals surface area contributed by atoms with Crippen LogP contribution in [0.25, 0.3) is 10.8 Å². The van der Waals surface area contributed by atoms with Crippen LogP contribution in [0.15, 0.2) is 47.6 Å². The SMILES string of the molecule is O=C(NN=CC1CC2CCC1C2)c1cccc2ccccc12. The minimum atomic E-state index is -0.129. The molecule has 0 saturated heterocycles. The van der Waals surface area contributed by atoms with Crippen molar-refractivity contribution in [3.63, 3.8) is 0 Å². The number of fused-ring (bicyclic) bond motifs is 3. The maximum absolute atomic E-state index is 12.4. The van der Waals surface area contributed by atoms with E-state index in [0.29, 0.717) is 11.5 Å². The van der Waals surface area contributed by atoms with Crippen molar-refractivity contribution >= 4 is 22.9 Å². The third-order valence-corrected chi connectivity index (χ3v) is 5.26. The normalized spacial score (nSPS) is 26.8. The Hall–Kier alpha value is -2.16. The summed E-state index contributed by atoms with van der Waals surface area (Å²) in [6.07, 6.45) is 7.29. The molecular weight excluding hydrogens is 272 g/mol. The Bertz CT molecular complexity index is 732. The summed E-state index contributed by atoms with van der Waals surface area (Å²) in [5.74, 6) is 2.13. The second-order valence-corrected chi connectivity index (χ2v) is 6.58. The van der Waals surface area contributed by atoms with Gasteiger partial charge in [0.05, 0.1) is 0 Å². The van der Waals surface area contributed by atoms with Crippen LogP contribution in [0.2, 0.25) is 0 Å². The van der Waals surface area contributed by atoms with Gasteiger partial charge in [-0.15, -0.1) is 0 Å². The Morgan fingerprint density at radius 1 is 1.09 bits per heavy atom. The zero-order chi connectivity index (χ0) is 14.9. The molecule has 2 saturated carbocycles. The van der Waals surface area contributed by atoms with E-state index in [9.17, 15) is 4.79 Å². The highest BCUT2D eigenvalue weighted by molar-refractivity contribution is 6.07. The molecule has 3 nitrogen and oxygen atoms in total. The highest BCUT2D eigenvalue weighted by atomic mass is 16.2. The molecule has 2 aliphatic rings. The molecule has 4 rings (SSSR count). The van der Waals surface area contributed by atoms with E-state index < -0.39 is 0 Å². The summed E-state index contributed by atoms with van der Waals surface area (Å²) >= 11 is 0. The summed E-state index contributed by atoms with van der Waals surface area (Å²) in [4.78, 5) is 12.4. The van der Waals surface area contributed by atoms with Crippen LogP contribution >= 0.6 is 0 Å². The van der Waals surface area contributed by atoms with Crippen molar-refractivity contribution in [1.29, 1.82) is 0 Å². The second kappa shape index (κ2) is 5.56. The van der Waals surface area contributed by atoms with Gasteiger partial charge in [0.2, 0.25) is 0 Å². The number of carbonyl (C=O) groups is 1. The van der Waals surface area contributed by atoms with E-state index in [4.69, 9.17) is 0 Å². The first-order chi connectivity index (χ1) is 10.8. The Morgan fingerprint density at radius 3 is 2.77 bits per heavy atom. The second-order valence-electron chi connectivity index (χ2n) is 6.58. The van der Waals surface area contributed by atoms with Crippen molar-refractivity contribution in [1.82, 2.24) is 5.43 Å². The zero-order valence-electron chi connectivity index (χ0n) is 12.5. The van der Waals surface area contributed by atoms with Crippen LogP contribution in [0, 0.1) is 17.8 Å². The molecule has 22 heavy (non-hydrogen) atoms. The first-order valence-corrected chi connectivity index (χ1v) is 8.12. The van der Waals surface area contributed by atoms with E-state index in [1.165, 1.54) is 25.7 Å². The van der Waals surface area contributed by atoms with Crippen LogP contribution in [0.5, 0.6) is 0 Å². The van der Waals surface area contributed by atoms with Gasteiger partial charge in [-0.3, -0.25) is 4.79 Å². The molecule has 3 unspecified atom stereocenters. The number of hydrogen-bond acceptors (Lipinski definition) is 2. The molecule has 0 radical (unpaired) electrons. The van der Waals surface area contributed by atoms with Gasteiger partial charge in [0.25, 0.3) is 5.91 Å². The minimum Gasteiger partial charge on any atom is -0.267 e. The highest BCUT2D eigenvalue weighted by Crippen LogP contribution is 2.47. The Morgan fingerprint density at radius 2 is 1.95 bits per heavy atom. The van der Waals surface area contributed by atoms with E-state index in [0.717, 1.165) is 22.6 Å². The first kappa shape index (κ1) is 13.5. The molecule has 2 aliphatic carbocycles. The van der Waals surface area contributed by atoms with E-state index in [-0.39, 0.29) is 5.91 Å². The van der Waals surface area contributed by atoms with Crippen molar-refractivity contribution in [3.8, 4) is 0 Å². The Labute approximate surface area is 130 Å². The number of benzene rings is 2. The minimum absolute atomic E-state index is 0.129. The van der Waals surface area contributed by atoms with Crippen LogP contribution in [-0.4, -0.2) is 12.1 Å². The average molecular weight is 292 g/mol. The standard InChI is InChI=1S/C19H20N2O/c22-19(18-7-3-5-14-4-1-2-6-17(14)18)21-20-12-16-11-13-8-9-15(16)10-13/h1-7,12-13,15-16H,8-11H2,(H,21,22). The molecule has 0 aromatic heterocycles. The monoisotopic (exact) mass is 292 g/mol. The number of carbonyl (C=O) groups excluding carboxylic acids is 1. The van der Waals surface area contributed by atoms with Gasteiger partial charge in [-0.1, -0.05) is 42.8 Å². The number of nitrogens with one attached hydrogen (secondary N) is 1. The molecule has 2 aromatic carbocycles. The predicted octanol–water partition coefficient (Wildman–Crippen LogP) is 3.99. The van der Waals surface area contributed by atoms with Crippen molar-refractivity contribution in [2.24, 2.45) is 22.9 Å². The lowest BCUT2D eigenvalue weighted by Crippen LogP contribution is -2.20. The molecule has 0 heterocycles. The molecule has 1 amide bonds. The molecule has 112 valence electrons. The lowest BCUT2D eigenvalue weighted by atomic mass is 9.90. The number of hydrogen-bond donors (Lipinski definition) is 1. The molecule has 3 heteroatoms. The summed E-state index contributed by atoms with van der Waals surface area (Å²) in [6, 6.07) is 13.7. The summed E-state index contributed by atoms with van der Waals surface area (Å²) in [5.41, 5.74) is 3.39. The van der Waals surface area contributed by atoms with Crippen LogP contribution in [0.1, 0.15) is 36.0 Å². The van der Waals surface area contributed by atoms with E-state index in [2.05, 4.69) is 10.5 Å². The summed E-state index contributed by atoms with van der Waals surface area (Å²) in [7, 11) is 0. The van der Waals surface area contributed by atoms with Gasteiger partial charge in [-0.2, -0.15) is 5.10 Å². The van der Waals surface area contributed by atoms with Crippen LogP contribution in [0.3, 0.4) is 0 Å². The van der Waals surface area contributed by atoms with Crippen molar-refractivity contribution in [2.45, 2.75) is 25.7 Å². The molecule has 3 atom stereocenters. The summed E-state index contributed by atoms with van der Waals surface area (Å²) in [5, 5.41) is 6.28. The fourth-order valence-electron chi connectivity index (χ4n) is 4.15. The molecule has 2 bridgehead atoms. The molecule has 2 fully saturated rings. The van der Waals surface area contributed by atoms with Crippen molar-refractivity contribution < 1.29 is 4.79 Å². The number of hydrazone groups is 1. The van der Waals surface area contributed by atoms with E-state index in [1.54, 1.807) is 0 Å².